The molecule has 0 bridgehead atoms. The molecule has 3 rings (SSSR count). The lowest BCUT2D eigenvalue weighted by Gasteiger charge is -2.17. The van der Waals surface area contributed by atoms with E-state index in [1.807, 2.05) is 69.3 Å². The third-order valence-electron chi connectivity index (χ3n) is 5.05. The van der Waals surface area contributed by atoms with Gasteiger partial charge in [-0.15, -0.1) is 0 Å². The van der Waals surface area contributed by atoms with Crippen molar-refractivity contribution >= 4 is 33.3 Å². The van der Waals surface area contributed by atoms with E-state index in [-0.39, 0.29) is 5.91 Å². The Morgan fingerprint density at radius 2 is 1.84 bits per heavy atom. The summed E-state index contributed by atoms with van der Waals surface area (Å²) >= 11 is 3.57. The van der Waals surface area contributed by atoms with Gasteiger partial charge in [-0.05, 0) is 64.5 Å². The fourth-order valence-corrected chi connectivity index (χ4v) is 3.65. The number of nitriles is 1. The molecule has 0 spiro atoms. The van der Waals surface area contributed by atoms with E-state index in [1.165, 1.54) is 0 Å². The van der Waals surface area contributed by atoms with Crippen LogP contribution >= 0.6 is 15.9 Å². The molecule has 3 aromatic rings. The second kappa shape index (κ2) is 10.2. The van der Waals surface area contributed by atoms with Crippen LogP contribution in [0.2, 0.25) is 0 Å². The molecule has 0 saturated carbocycles. The number of anilines is 2. The first-order valence-corrected chi connectivity index (χ1v) is 11.0. The van der Waals surface area contributed by atoms with Gasteiger partial charge in [0.1, 0.15) is 0 Å². The van der Waals surface area contributed by atoms with Gasteiger partial charge in [-0.3, -0.25) is 4.79 Å². The predicted molar refractivity (Wildman–Crippen MR) is 129 cm³/mol. The molecule has 0 unspecified atom stereocenters. The number of hydrogen-bond acceptors (Lipinski definition) is 4. The van der Waals surface area contributed by atoms with E-state index in [0.29, 0.717) is 30.0 Å². The Kier molecular flexibility index (Phi) is 7.43. The summed E-state index contributed by atoms with van der Waals surface area (Å²) in [4.78, 5) is 16.8. The standard InChI is InChI=1S/C25H25BrN4O/c1-4-7-22(31)30-24-16(2)23(26)17(3)29-25(24)28-15-18-10-12-19(13-11-18)21-9-6-5-8-20(21)14-27/h5-6,8-13H,4,7,15H2,1-3H3,(H,28,29)(H,30,31). The number of carbonyl (C=O) groups is 1. The van der Waals surface area contributed by atoms with Gasteiger partial charge in [-0.25, -0.2) is 4.98 Å². The van der Waals surface area contributed by atoms with Crippen LogP contribution in [0, 0.1) is 25.2 Å². The molecule has 0 radical (unpaired) electrons. The number of nitrogens with zero attached hydrogens (tertiary/aromatic N) is 2. The Bertz CT molecular complexity index is 1130. The first kappa shape index (κ1) is 22.5. The molecule has 6 heteroatoms. The summed E-state index contributed by atoms with van der Waals surface area (Å²) in [5, 5.41) is 15.7. The van der Waals surface area contributed by atoms with E-state index >= 15 is 0 Å². The molecule has 31 heavy (non-hydrogen) atoms. The minimum absolute atomic E-state index is 0.0216. The highest BCUT2D eigenvalue weighted by molar-refractivity contribution is 9.10. The third kappa shape index (κ3) is 5.31. The monoisotopic (exact) mass is 476 g/mol. The summed E-state index contributed by atoms with van der Waals surface area (Å²) in [5.41, 5.74) is 6.17. The highest BCUT2D eigenvalue weighted by Gasteiger charge is 2.15. The van der Waals surface area contributed by atoms with E-state index in [0.717, 1.165) is 38.8 Å². The highest BCUT2D eigenvalue weighted by Crippen LogP contribution is 2.33. The Hall–Kier alpha value is -3.17. The van der Waals surface area contributed by atoms with Crippen molar-refractivity contribution < 1.29 is 4.79 Å². The van der Waals surface area contributed by atoms with Crippen LogP contribution in [-0.2, 0) is 11.3 Å². The van der Waals surface area contributed by atoms with E-state index in [2.05, 4.69) is 37.6 Å². The fraction of sp³-hybridized carbons (Fsp3) is 0.240. The Morgan fingerprint density at radius 1 is 1.13 bits per heavy atom. The van der Waals surface area contributed by atoms with Gasteiger partial charge in [0.25, 0.3) is 0 Å². The summed E-state index contributed by atoms with van der Waals surface area (Å²) in [5.74, 6) is 0.633. The Morgan fingerprint density at radius 3 is 2.52 bits per heavy atom. The molecule has 1 amide bonds. The lowest BCUT2D eigenvalue weighted by atomic mass is 9.99. The van der Waals surface area contributed by atoms with Gasteiger partial charge in [0.05, 0.1) is 23.0 Å². The van der Waals surface area contributed by atoms with Crippen molar-refractivity contribution in [3.05, 3.63) is 75.4 Å². The zero-order valence-corrected chi connectivity index (χ0v) is 19.5. The minimum Gasteiger partial charge on any atom is -0.364 e. The molecule has 1 aromatic heterocycles. The lowest BCUT2D eigenvalue weighted by Crippen LogP contribution is -2.15. The summed E-state index contributed by atoms with van der Waals surface area (Å²) in [6.07, 6.45) is 1.26. The second-order valence-electron chi connectivity index (χ2n) is 7.37. The maximum absolute atomic E-state index is 12.2. The zero-order valence-electron chi connectivity index (χ0n) is 17.9. The molecule has 158 valence electrons. The van der Waals surface area contributed by atoms with Crippen LogP contribution in [0.3, 0.4) is 0 Å². The number of amides is 1. The van der Waals surface area contributed by atoms with Crippen molar-refractivity contribution in [1.29, 1.82) is 5.26 Å². The molecule has 1 heterocycles. The van der Waals surface area contributed by atoms with Gasteiger partial charge in [0.2, 0.25) is 5.91 Å². The average molecular weight is 477 g/mol. The number of hydrogen-bond donors (Lipinski definition) is 2. The molecular formula is C25H25BrN4O. The van der Waals surface area contributed by atoms with Crippen LogP contribution in [0.1, 0.15) is 42.1 Å². The first-order valence-electron chi connectivity index (χ1n) is 10.2. The summed E-state index contributed by atoms with van der Waals surface area (Å²) < 4.78 is 0.894. The number of nitrogens with one attached hydrogen (secondary N) is 2. The minimum atomic E-state index is -0.0216. The van der Waals surface area contributed by atoms with Crippen LogP contribution in [0.4, 0.5) is 11.5 Å². The topological polar surface area (TPSA) is 77.8 Å². The van der Waals surface area contributed by atoms with Gasteiger partial charge in [-0.2, -0.15) is 5.26 Å². The van der Waals surface area contributed by atoms with E-state index in [9.17, 15) is 10.1 Å². The Labute approximate surface area is 191 Å². The van der Waals surface area contributed by atoms with Crippen molar-refractivity contribution in [3.63, 3.8) is 0 Å². The summed E-state index contributed by atoms with van der Waals surface area (Å²) in [7, 11) is 0. The maximum Gasteiger partial charge on any atom is 0.224 e. The van der Waals surface area contributed by atoms with Crippen LogP contribution in [0.25, 0.3) is 11.1 Å². The van der Waals surface area contributed by atoms with E-state index in [1.54, 1.807) is 0 Å². The summed E-state index contributed by atoms with van der Waals surface area (Å²) in [6.45, 7) is 6.44. The van der Waals surface area contributed by atoms with Crippen molar-refractivity contribution in [2.24, 2.45) is 0 Å². The number of aryl methyl sites for hydroxylation is 1. The molecule has 0 saturated heterocycles. The van der Waals surface area contributed by atoms with Gasteiger partial charge in [0.15, 0.2) is 5.82 Å². The summed E-state index contributed by atoms with van der Waals surface area (Å²) in [6, 6.07) is 17.9. The van der Waals surface area contributed by atoms with E-state index in [4.69, 9.17) is 0 Å². The van der Waals surface area contributed by atoms with Crippen molar-refractivity contribution in [3.8, 4) is 17.2 Å². The van der Waals surface area contributed by atoms with Crippen molar-refractivity contribution in [2.45, 2.75) is 40.2 Å². The number of benzene rings is 2. The fourth-order valence-electron chi connectivity index (χ4n) is 3.36. The van der Waals surface area contributed by atoms with Gasteiger partial charge in [0, 0.05) is 17.4 Å². The number of rotatable bonds is 7. The molecule has 0 atom stereocenters. The SMILES string of the molecule is CCCC(=O)Nc1c(NCc2ccc(-c3ccccc3C#N)cc2)nc(C)c(Br)c1C. The second-order valence-corrected chi connectivity index (χ2v) is 8.16. The number of pyridine rings is 1. The van der Waals surface area contributed by atoms with Crippen molar-refractivity contribution in [1.82, 2.24) is 4.98 Å². The first-order chi connectivity index (χ1) is 14.9. The van der Waals surface area contributed by atoms with Gasteiger partial charge in [-0.1, -0.05) is 49.4 Å². The molecule has 2 N–H and O–H groups in total. The molecule has 0 aliphatic heterocycles. The maximum atomic E-state index is 12.2. The predicted octanol–water partition coefficient (Wildman–Crippen LogP) is 6.35. The normalized spacial score (nSPS) is 10.4. The van der Waals surface area contributed by atoms with Crippen molar-refractivity contribution in [2.75, 3.05) is 10.6 Å². The van der Waals surface area contributed by atoms with Crippen LogP contribution in [-0.4, -0.2) is 10.9 Å². The van der Waals surface area contributed by atoms with Crippen LogP contribution in [0.15, 0.2) is 53.0 Å². The van der Waals surface area contributed by atoms with E-state index < -0.39 is 0 Å². The van der Waals surface area contributed by atoms with Gasteiger partial charge >= 0.3 is 0 Å². The van der Waals surface area contributed by atoms with Gasteiger partial charge < -0.3 is 10.6 Å². The molecular weight excluding hydrogens is 452 g/mol. The number of aromatic nitrogens is 1. The number of carbonyl (C=O) groups excluding carboxylic acids is 1. The molecule has 0 aliphatic carbocycles. The lowest BCUT2D eigenvalue weighted by molar-refractivity contribution is -0.116. The quantitative estimate of drug-likeness (QED) is 0.416. The number of halogens is 1. The zero-order chi connectivity index (χ0) is 22.4. The molecule has 5 nitrogen and oxygen atoms in total. The highest BCUT2D eigenvalue weighted by atomic mass is 79.9. The largest absolute Gasteiger partial charge is 0.364 e. The van der Waals surface area contributed by atoms with Crippen LogP contribution < -0.4 is 10.6 Å². The third-order valence-corrected chi connectivity index (χ3v) is 6.22. The Balaban J connectivity index is 1.81. The molecule has 0 aliphatic rings. The molecule has 2 aromatic carbocycles. The average Bonchev–Trinajstić information content (AvgIpc) is 2.79. The smallest absolute Gasteiger partial charge is 0.224 e. The van der Waals surface area contributed by atoms with Crippen LogP contribution in [0.5, 0.6) is 0 Å². The molecule has 0 fully saturated rings.